The molecule has 21 heavy (non-hydrogen) atoms. The van der Waals surface area contributed by atoms with E-state index in [-0.39, 0.29) is 0 Å². The van der Waals surface area contributed by atoms with E-state index in [4.69, 9.17) is 4.74 Å². The zero-order valence-corrected chi connectivity index (χ0v) is 11.4. The topological polar surface area (TPSA) is 37.4 Å². The van der Waals surface area contributed by atoms with Crippen LogP contribution in [0.4, 0.5) is 0 Å². The van der Waals surface area contributed by atoms with Gasteiger partial charge in [-0.05, 0) is 29.9 Å². The molecule has 0 saturated carbocycles. The van der Waals surface area contributed by atoms with Crippen molar-refractivity contribution in [2.45, 2.75) is 0 Å². The predicted octanol–water partition coefficient (Wildman–Crippen LogP) is 2.17. The predicted molar refractivity (Wildman–Crippen MR) is 86.2 cm³/mol. The first-order chi connectivity index (χ1) is 10.4. The summed E-state index contributed by atoms with van der Waals surface area (Å²) in [4.78, 5) is 7.93. The van der Waals surface area contributed by atoms with Gasteiger partial charge >= 0.3 is 0 Å². The monoisotopic (exact) mass is 274 g/mol. The molecular formula is C18H14N2O. The Kier molecular flexibility index (Phi) is 2.82. The fraction of sp³-hybridized carbons (Fsp3) is 0.0556. The molecule has 0 atom stereocenters. The van der Waals surface area contributed by atoms with Crippen molar-refractivity contribution in [1.29, 1.82) is 0 Å². The van der Waals surface area contributed by atoms with Gasteiger partial charge in [0, 0.05) is 33.3 Å². The maximum atomic E-state index is 5.24. The molecule has 102 valence electrons. The van der Waals surface area contributed by atoms with Crippen LogP contribution < -0.4 is 10.6 Å². The second kappa shape index (κ2) is 4.94. The Bertz CT molecular complexity index is 939. The van der Waals surface area contributed by atoms with Gasteiger partial charge in [0.25, 0.3) is 0 Å². The lowest BCUT2D eigenvalue weighted by molar-refractivity contribution is 0.393. The Morgan fingerprint density at radius 1 is 1.10 bits per heavy atom. The van der Waals surface area contributed by atoms with Crippen molar-refractivity contribution < 1.29 is 4.74 Å². The van der Waals surface area contributed by atoms with Crippen molar-refractivity contribution in [1.82, 2.24) is 4.98 Å². The SMILES string of the molecule is C1=CC2=CC=c3[nH]c4ccccc4c3=CC=NCC2=CO1. The molecule has 4 rings (SSSR count). The standard InChI is InChI=1S/C18H14N2O/c1-2-4-17-15(3-1)16-7-9-19-11-14-12-21-10-8-13(14)5-6-18(16)20-17/h1-10,12,20H,11H2. The molecule has 0 aliphatic carbocycles. The zero-order valence-electron chi connectivity index (χ0n) is 11.4. The number of aliphatic imine (C=N–C) groups is 1. The van der Waals surface area contributed by atoms with Crippen molar-refractivity contribution in [3.63, 3.8) is 0 Å². The maximum absolute atomic E-state index is 5.24. The summed E-state index contributed by atoms with van der Waals surface area (Å²) >= 11 is 0. The number of fused-ring (bicyclic) bond motifs is 4. The molecule has 2 aliphatic heterocycles. The highest BCUT2D eigenvalue weighted by Crippen LogP contribution is 2.17. The van der Waals surface area contributed by atoms with Gasteiger partial charge in [-0.1, -0.05) is 24.3 Å². The first-order valence-corrected chi connectivity index (χ1v) is 6.92. The summed E-state index contributed by atoms with van der Waals surface area (Å²) in [5.41, 5.74) is 3.35. The maximum Gasteiger partial charge on any atom is 0.0958 e. The fourth-order valence-corrected chi connectivity index (χ4v) is 2.65. The highest BCUT2D eigenvalue weighted by Gasteiger charge is 2.06. The molecule has 1 N–H and O–H groups in total. The van der Waals surface area contributed by atoms with Crippen LogP contribution in [0.2, 0.25) is 0 Å². The molecule has 3 heterocycles. The zero-order chi connectivity index (χ0) is 14.1. The lowest BCUT2D eigenvalue weighted by Crippen LogP contribution is -2.22. The second-order valence-corrected chi connectivity index (χ2v) is 5.02. The van der Waals surface area contributed by atoms with Gasteiger partial charge in [-0.2, -0.15) is 0 Å². The smallest absolute Gasteiger partial charge is 0.0958 e. The van der Waals surface area contributed by atoms with E-state index in [1.165, 1.54) is 10.6 Å². The number of para-hydroxylation sites is 1. The molecule has 0 fully saturated rings. The lowest BCUT2D eigenvalue weighted by atomic mass is 10.1. The summed E-state index contributed by atoms with van der Waals surface area (Å²) in [5, 5.41) is 3.48. The molecule has 0 unspecified atom stereocenters. The van der Waals surface area contributed by atoms with Crippen LogP contribution in [0.25, 0.3) is 23.1 Å². The molecule has 2 aromatic rings. The number of aromatic amines is 1. The molecule has 3 nitrogen and oxygen atoms in total. The summed E-state index contributed by atoms with van der Waals surface area (Å²) < 4.78 is 5.24. The van der Waals surface area contributed by atoms with Crippen LogP contribution in [0.5, 0.6) is 0 Å². The van der Waals surface area contributed by atoms with Crippen LogP contribution in [-0.4, -0.2) is 17.7 Å². The summed E-state index contributed by atoms with van der Waals surface area (Å²) in [5.74, 6) is 0. The van der Waals surface area contributed by atoms with Crippen LogP contribution in [-0.2, 0) is 4.74 Å². The van der Waals surface area contributed by atoms with Crippen molar-refractivity contribution in [3.05, 3.63) is 70.7 Å². The quantitative estimate of drug-likeness (QED) is 0.785. The minimum atomic E-state index is 0.623. The molecule has 2 aliphatic rings. The van der Waals surface area contributed by atoms with E-state index >= 15 is 0 Å². The highest BCUT2D eigenvalue weighted by atomic mass is 16.5. The molecule has 0 saturated heterocycles. The van der Waals surface area contributed by atoms with Gasteiger partial charge in [0.2, 0.25) is 0 Å². The van der Waals surface area contributed by atoms with Gasteiger partial charge in [0.1, 0.15) is 0 Å². The minimum absolute atomic E-state index is 0.623. The van der Waals surface area contributed by atoms with E-state index in [1.54, 1.807) is 12.5 Å². The van der Waals surface area contributed by atoms with Crippen molar-refractivity contribution in [3.8, 4) is 0 Å². The Morgan fingerprint density at radius 3 is 3.05 bits per heavy atom. The van der Waals surface area contributed by atoms with E-state index in [0.717, 1.165) is 22.0 Å². The van der Waals surface area contributed by atoms with Gasteiger partial charge in [-0.3, -0.25) is 4.99 Å². The molecule has 1 aromatic carbocycles. The van der Waals surface area contributed by atoms with Crippen molar-refractivity contribution in [2.75, 3.05) is 6.54 Å². The molecule has 0 radical (unpaired) electrons. The Hall–Kier alpha value is -2.81. The first-order valence-electron chi connectivity index (χ1n) is 6.92. The van der Waals surface area contributed by atoms with Crippen LogP contribution in [0.1, 0.15) is 0 Å². The van der Waals surface area contributed by atoms with Gasteiger partial charge < -0.3 is 9.72 Å². The number of hydrogen-bond acceptors (Lipinski definition) is 2. The molecule has 1 aromatic heterocycles. The number of ether oxygens (including phenoxy) is 1. The molecule has 0 spiro atoms. The van der Waals surface area contributed by atoms with Crippen molar-refractivity contribution >= 4 is 29.3 Å². The number of hydrogen-bond donors (Lipinski definition) is 1. The number of rotatable bonds is 0. The number of aromatic nitrogens is 1. The van der Waals surface area contributed by atoms with Crippen LogP contribution in [0, 0.1) is 0 Å². The fourth-order valence-electron chi connectivity index (χ4n) is 2.65. The van der Waals surface area contributed by atoms with Gasteiger partial charge in [-0.15, -0.1) is 0 Å². The normalized spacial score (nSPS) is 16.8. The highest BCUT2D eigenvalue weighted by molar-refractivity contribution is 5.95. The first kappa shape index (κ1) is 12.0. The van der Waals surface area contributed by atoms with E-state index in [2.05, 4.69) is 46.4 Å². The van der Waals surface area contributed by atoms with Gasteiger partial charge in [-0.25, -0.2) is 0 Å². The average molecular weight is 274 g/mol. The number of benzene rings is 1. The third kappa shape index (κ3) is 2.13. The van der Waals surface area contributed by atoms with Crippen LogP contribution in [0.3, 0.4) is 0 Å². The lowest BCUT2D eigenvalue weighted by Gasteiger charge is -2.09. The Morgan fingerprint density at radius 2 is 2.05 bits per heavy atom. The summed E-state index contributed by atoms with van der Waals surface area (Å²) in [6, 6.07) is 8.31. The number of nitrogens with one attached hydrogen (secondary N) is 1. The van der Waals surface area contributed by atoms with E-state index in [9.17, 15) is 0 Å². The summed E-state index contributed by atoms with van der Waals surface area (Å²) in [6.45, 7) is 0.623. The van der Waals surface area contributed by atoms with E-state index < -0.39 is 0 Å². The molecule has 3 heteroatoms. The van der Waals surface area contributed by atoms with E-state index in [1.807, 2.05) is 18.4 Å². The Balaban J connectivity index is 2.02. The number of nitrogens with zero attached hydrogens (tertiary/aromatic N) is 1. The second-order valence-electron chi connectivity index (χ2n) is 5.02. The average Bonchev–Trinajstić information content (AvgIpc) is 2.89. The summed E-state index contributed by atoms with van der Waals surface area (Å²) in [6.07, 6.45) is 13.6. The largest absolute Gasteiger partial charge is 0.472 e. The third-order valence-electron chi connectivity index (χ3n) is 3.72. The van der Waals surface area contributed by atoms with Gasteiger partial charge in [0.05, 0.1) is 19.1 Å². The molecule has 0 bridgehead atoms. The van der Waals surface area contributed by atoms with E-state index in [0.29, 0.717) is 6.54 Å². The summed E-state index contributed by atoms with van der Waals surface area (Å²) in [7, 11) is 0. The Labute approximate surface area is 122 Å². The van der Waals surface area contributed by atoms with Gasteiger partial charge in [0.15, 0.2) is 0 Å². The molecule has 0 amide bonds. The number of H-pyrrole nitrogens is 1. The van der Waals surface area contributed by atoms with Crippen LogP contribution in [0.15, 0.2) is 65.1 Å². The molecular weight excluding hydrogens is 260 g/mol. The number of allylic oxidation sites excluding steroid dienone is 2. The van der Waals surface area contributed by atoms with Crippen molar-refractivity contribution in [2.24, 2.45) is 4.99 Å². The minimum Gasteiger partial charge on any atom is -0.472 e. The third-order valence-corrected chi connectivity index (χ3v) is 3.72. The van der Waals surface area contributed by atoms with Crippen LogP contribution >= 0.6 is 0 Å².